The van der Waals surface area contributed by atoms with Crippen LogP contribution in [0.5, 0.6) is 0 Å². The summed E-state index contributed by atoms with van der Waals surface area (Å²) >= 11 is 0. The molecule has 0 unspecified atom stereocenters. The van der Waals surface area contributed by atoms with Crippen LogP contribution in [0.4, 0.5) is 0 Å². The van der Waals surface area contributed by atoms with Crippen molar-refractivity contribution in [3.05, 3.63) is 27.2 Å². The molecule has 0 spiro atoms. The Kier molecular flexibility index (Phi) is 4.29. The fourth-order valence-corrected chi connectivity index (χ4v) is 2.12. The molecule has 2 aromatic heterocycles. The minimum Gasteiger partial charge on any atom is -0.389 e. The number of hydrogen-bond donors (Lipinski definition) is 1. The van der Waals surface area contributed by atoms with E-state index in [1.807, 2.05) is 13.8 Å². The lowest BCUT2D eigenvalue weighted by molar-refractivity contribution is -0.000314. The summed E-state index contributed by atoms with van der Waals surface area (Å²) in [6.45, 7) is 4.11. The van der Waals surface area contributed by atoms with Crippen LogP contribution in [0.1, 0.15) is 13.8 Å². The summed E-state index contributed by atoms with van der Waals surface area (Å²) in [6, 6.07) is 0. The van der Waals surface area contributed by atoms with Gasteiger partial charge in [-0.2, -0.15) is 0 Å². The van der Waals surface area contributed by atoms with E-state index in [0.717, 1.165) is 4.57 Å². The predicted molar refractivity (Wildman–Crippen MR) is 77.3 cm³/mol. The normalized spacial score (nSPS) is 13.2. The van der Waals surface area contributed by atoms with Gasteiger partial charge < -0.3 is 14.4 Å². The molecule has 0 saturated carbocycles. The average molecular weight is 296 g/mol. The lowest BCUT2D eigenvalue weighted by atomic mass is 10.3. The number of rotatable bonds is 5. The number of aliphatic hydroxyl groups excluding tert-OH is 1. The number of aromatic nitrogens is 4. The van der Waals surface area contributed by atoms with Crippen LogP contribution >= 0.6 is 0 Å². The zero-order valence-corrected chi connectivity index (χ0v) is 12.6. The van der Waals surface area contributed by atoms with E-state index < -0.39 is 17.4 Å². The first-order valence-electron chi connectivity index (χ1n) is 6.73. The second kappa shape index (κ2) is 5.82. The first kappa shape index (κ1) is 15.5. The first-order valence-corrected chi connectivity index (χ1v) is 6.73. The van der Waals surface area contributed by atoms with Crippen molar-refractivity contribution in [1.82, 2.24) is 18.7 Å². The summed E-state index contributed by atoms with van der Waals surface area (Å²) in [5, 5.41) is 9.96. The van der Waals surface area contributed by atoms with Crippen LogP contribution in [0.2, 0.25) is 0 Å². The second-order valence-corrected chi connectivity index (χ2v) is 5.31. The van der Waals surface area contributed by atoms with E-state index in [9.17, 15) is 14.7 Å². The molecule has 0 saturated heterocycles. The molecule has 116 valence electrons. The monoisotopic (exact) mass is 296 g/mol. The lowest BCUT2D eigenvalue weighted by Crippen LogP contribution is -2.38. The molecular formula is C13H20N4O4. The molecular weight excluding hydrogens is 276 g/mol. The molecule has 2 rings (SSSR count). The highest BCUT2D eigenvalue weighted by Crippen LogP contribution is 2.07. The van der Waals surface area contributed by atoms with Crippen molar-refractivity contribution in [2.45, 2.75) is 32.6 Å². The van der Waals surface area contributed by atoms with Crippen LogP contribution in [0.3, 0.4) is 0 Å². The Balaban J connectivity index is 2.39. The molecule has 8 nitrogen and oxygen atoms in total. The molecule has 1 N–H and O–H groups in total. The van der Waals surface area contributed by atoms with E-state index in [0.29, 0.717) is 11.2 Å². The molecule has 0 radical (unpaired) electrons. The van der Waals surface area contributed by atoms with Gasteiger partial charge >= 0.3 is 5.69 Å². The van der Waals surface area contributed by atoms with Crippen molar-refractivity contribution in [1.29, 1.82) is 0 Å². The lowest BCUT2D eigenvalue weighted by Gasteiger charge is -2.14. The molecule has 0 bridgehead atoms. The van der Waals surface area contributed by atoms with Gasteiger partial charge in [-0.3, -0.25) is 13.9 Å². The van der Waals surface area contributed by atoms with E-state index in [1.54, 1.807) is 11.6 Å². The van der Waals surface area contributed by atoms with Crippen molar-refractivity contribution < 1.29 is 9.84 Å². The third-order valence-electron chi connectivity index (χ3n) is 3.25. The molecule has 21 heavy (non-hydrogen) atoms. The van der Waals surface area contributed by atoms with Crippen molar-refractivity contribution in [2.75, 3.05) is 6.61 Å². The molecule has 0 aliphatic carbocycles. The van der Waals surface area contributed by atoms with Crippen LogP contribution in [-0.2, 0) is 25.4 Å². The summed E-state index contributed by atoms with van der Waals surface area (Å²) < 4.78 is 9.22. The molecule has 2 aromatic rings. The summed E-state index contributed by atoms with van der Waals surface area (Å²) in [7, 11) is 2.97. The highest BCUT2D eigenvalue weighted by atomic mass is 16.5. The topological polar surface area (TPSA) is 91.3 Å². The Morgan fingerprint density at radius 2 is 1.95 bits per heavy atom. The molecule has 2 heterocycles. The molecule has 0 aromatic carbocycles. The maximum Gasteiger partial charge on any atom is 0.332 e. The quantitative estimate of drug-likeness (QED) is 0.781. The van der Waals surface area contributed by atoms with Gasteiger partial charge in [0, 0.05) is 14.1 Å². The van der Waals surface area contributed by atoms with E-state index in [1.165, 1.54) is 17.9 Å². The summed E-state index contributed by atoms with van der Waals surface area (Å²) in [5.41, 5.74) is -0.257. The van der Waals surface area contributed by atoms with Gasteiger partial charge in [-0.15, -0.1) is 0 Å². The number of ether oxygens (including phenoxy) is 1. The van der Waals surface area contributed by atoms with E-state index >= 15 is 0 Å². The molecule has 0 fully saturated rings. The van der Waals surface area contributed by atoms with Gasteiger partial charge in [0.05, 0.1) is 31.7 Å². The van der Waals surface area contributed by atoms with Crippen molar-refractivity contribution in [3.8, 4) is 0 Å². The first-order chi connectivity index (χ1) is 9.82. The van der Waals surface area contributed by atoms with E-state index in [2.05, 4.69) is 4.98 Å². The van der Waals surface area contributed by atoms with Crippen LogP contribution in [0, 0.1) is 0 Å². The third-order valence-corrected chi connectivity index (χ3v) is 3.25. The van der Waals surface area contributed by atoms with Gasteiger partial charge in [0.15, 0.2) is 11.2 Å². The van der Waals surface area contributed by atoms with Crippen LogP contribution in [-0.4, -0.2) is 42.6 Å². The van der Waals surface area contributed by atoms with E-state index in [-0.39, 0.29) is 19.3 Å². The van der Waals surface area contributed by atoms with Gasteiger partial charge in [-0.1, -0.05) is 0 Å². The Morgan fingerprint density at radius 1 is 1.29 bits per heavy atom. The number of hydrogen-bond acceptors (Lipinski definition) is 5. The van der Waals surface area contributed by atoms with Crippen molar-refractivity contribution >= 4 is 11.2 Å². The van der Waals surface area contributed by atoms with Gasteiger partial charge in [0.2, 0.25) is 0 Å². The van der Waals surface area contributed by atoms with Crippen molar-refractivity contribution in [2.24, 2.45) is 14.1 Å². The Hall–Kier alpha value is -1.93. The molecule has 0 amide bonds. The summed E-state index contributed by atoms with van der Waals surface area (Å²) in [6.07, 6.45) is 0.712. The molecule has 1 atom stereocenters. The largest absolute Gasteiger partial charge is 0.389 e. The maximum atomic E-state index is 12.2. The molecule has 0 aliphatic rings. The fourth-order valence-electron chi connectivity index (χ4n) is 2.12. The zero-order chi connectivity index (χ0) is 15.7. The predicted octanol–water partition coefficient (Wildman–Crippen LogP) is -0.780. The molecule has 0 aliphatic heterocycles. The molecule has 8 heteroatoms. The zero-order valence-electron chi connectivity index (χ0n) is 12.6. The van der Waals surface area contributed by atoms with Crippen LogP contribution in [0.25, 0.3) is 11.2 Å². The average Bonchev–Trinajstić information content (AvgIpc) is 2.84. The van der Waals surface area contributed by atoms with Gasteiger partial charge in [-0.05, 0) is 13.8 Å². The SMILES string of the molecule is CC(C)OC[C@@H](O)Cn1cnc2c1c(=O)n(C)c(=O)n2C. The van der Waals surface area contributed by atoms with Gasteiger partial charge in [-0.25, -0.2) is 9.78 Å². The summed E-state index contributed by atoms with van der Waals surface area (Å²) in [4.78, 5) is 28.1. The Bertz CT molecular complexity index is 756. The highest BCUT2D eigenvalue weighted by Gasteiger charge is 2.16. The number of aryl methyl sites for hydroxylation is 1. The van der Waals surface area contributed by atoms with Gasteiger partial charge in [0.1, 0.15) is 0 Å². The number of aliphatic hydroxyl groups is 1. The van der Waals surface area contributed by atoms with Gasteiger partial charge in [0.25, 0.3) is 5.56 Å². The Labute approximate surface area is 121 Å². The number of nitrogens with zero attached hydrogens (tertiary/aromatic N) is 4. The minimum absolute atomic E-state index is 0.0212. The fraction of sp³-hybridized carbons (Fsp3) is 0.615. The summed E-state index contributed by atoms with van der Waals surface area (Å²) in [5.74, 6) is 0. The Morgan fingerprint density at radius 3 is 2.57 bits per heavy atom. The minimum atomic E-state index is -0.758. The van der Waals surface area contributed by atoms with Crippen LogP contribution < -0.4 is 11.2 Å². The number of imidazole rings is 1. The van der Waals surface area contributed by atoms with Crippen molar-refractivity contribution in [3.63, 3.8) is 0 Å². The second-order valence-electron chi connectivity index (χ2n) is 5.31. The third kappa shape index (κ3) is 2.91. The van der Waals surface area contributed by atoms with Crippen LogP contribution in [0.15, 0.2) is 15.9 Å². The standard InChI is InChI=1S/C13H20N4O4/c1-8(2)21-6-9(18)5-17-7-14-11-10(17)12(19)16(4)13(20)15(11)3/h7-9,18H,5-6H2,1-4H3/t9-/m0/s1. The van der Waals surface area contributed by atoms with E-state index in [4.69, 9.17) is 4.74 Å². The highest BCUT2D eigenvalue weighted by molar-refractivity contribution is 5.69. The smallest absolute Gasteiger partial charge is 0.332 e. The maximum absolute atomic E-state index is 12.2. The number of fused-ring (bicyclic) bond motifs is 1.